The van der Waals surface area contributed by atoms with Gasteiger partial charge in [0.15, 0.2) is 13.2 Å². The normalized spacial score (nSPS) is 10.0. The van der Waals surface area contributed by atoms with Gasteiger partial charge in [0, 0.05) is 5.57 Å². The molecule has 0 atom stereocenters. The van der Waals surface area contributed by atoms with Crippen molar-refractivity contribution in [2.75, 3.05) is 26.3 Å². The zero-order valence-electron chi connectivity index (χ0n) is 11.8. The minimum Gasteiger partial charge on any atom is -0.457 e. The lowest BCUT2D eigenvalue weighted by Crippen LogP contribution is -2.29. The van der Waals surface area contributed by atoms with E-state index in [1.807, 2.05) is 0 Å². The number of carbonyl (C=O) groups is 2. The van der Waals surface area contributed by atoms with Gasteiger partial charge in [-0.1, -0.05) is 6.58 Å². The lowest BCUT2D eigenvalue weighted by molar-refractivity contribution is -0.153. The van der Waals surface area contributed by atoms with Crippen LogP contribution < -0.4 is 0 Å². The first-order chi connectivity index (χ1) is 9.35. The zero-order valence-corrected chi connectivity index (χ0v) is 11.8. The van der Waals surface area contributed by atoms with Gasteiger partial charge in [-0.15, -0.1) is 0 Å². The van der Waals surface area contributed by atoms with Crippen LogP contribution >= 0.6 is 0 Å². The number of esters is 2. The summed E-state index contributed by atoms with van der Waals surface area (Å²) in [6.07, 6.45) is 0.0979. The van der Waals surface area contributed by atoms with E-state index in [0.717, 1.165) is 0 Å². The van der Waals surface area contributed by atoms with Gasteiger partial charge in [-0.2, -0.15) is 0 Å². The van der Waals surface area contributed by atoms with Crippen molar-refractivity contribution in [3.05, 3.63) is 35.0 Å². The zero-order chi connectivity index (χ0) is 15.6. The minimum absolute atomic E-state index is 0.0111. The van der Waals surface area contributed by atoms with Crippen molar-refractivity contribution < 1.29 is 19.1 Å². The first-order valence-electron chi connectivity index (χ1n) is 6.03. The molecule has 0 aliphatic rings. The highest BCUT2D eigenvalue weighted by Crippen LogP contribution is 2.26. The van der Waals surface area contributed by atoms with Crippen LogP contribution in [0.25, 0.3) is 9.69 Å². The van der Waals surface area contributed by atoms with Gasteiger partial charge in [0.05, 0.1) is 5.41 Å². The molecule has 0 aromatic heterocycles. The fourth-order valence-corrected chi connectivity index (χ4v) is 1.34. The summed E-state index contributed by atoms with van der Waals surface area (Å²) in [5.74, 6) is -1.10. The summed E-state index contributed by atoms with van der Waals surface area (Å²) < 4.78 is 9.76. The van der Waals surface area contributed by atoms with E-state index in [1.165, 1.54) is 0 Å². The number of hydrogen-bond acceptors (Lipinski definition) is 4. The molecule has 0 bridgehead atoms. The lowest BCUT2D eigenvalue weighted by Gasteiger charge is -2.22. The quantitative estimate of drug-likeness (QED) is 0.294. The van der Waals surface area contributed by atoms with Crippen LogP contribution in [0.4, 0.5) is 0 Å². The van der Waals surface area contributed by atoms with Gasteiger partial charge in [0.2, 0.25) is 13.1 Å². The van der Waals surface area contributed by atoms with E-state index in [1.54, 1.807) is 13.8 Å². The van der Waals surface area contributed by atoms with Crippen molar-refractivity contribution in [2.45, 2.75) is 20.3 Å². The van der Waals surface area contributed by atoms with Crippen molar-refractivity contribution in [1.82, 2.24) is 0 Å². The van der Waals surface area contributed by atoms with Gasteiger partial charge >= 0.3 is 11.9 Å². The maximum atomic E-state index is 11.8. The second kappa shape index (κ2) is 8.71. The molecule has 0 rings (SSSR count). The number of ether oxygens (including phenoxy) is 2. The van der Waals surface area contributed by atoms with Gasteiger partial charge in [-0.05, 0) is 20.3 Å². The lowest BCUT2D eigenvalue weighted by atomic mass is 9.86. The average molecular weight is 278 g/mol. The van der Waals surface area contributed by atoms with Crippen molar-refractivity contribution in [1.29, 1.82) is 0 Å². The Balaban J connectivity index is 4.34. The van der Waals surface area contributed by atoms with Crippen molar-refractivity contribution >= 4 is 11.9 Å². The summed E-state index contributed by atoms with van der Waals surface area (Å²) >= 11 is 0. The summed E-state index contributed by atoms with van der Waals surface area (Å²) in [7, 11) is 0. The molecule has 0 N–H and O–H groups in total. The third kappa shape index (κ3) is 6.55. The Hall–Kier alpha value is -2.34. The van der Waals surface area contributed by atoms with Crippen LogP contribution in [0.3, 0.4) is 0 Å². The molecule has 0 spiro atoms. The van der Waals surface area contributed by atoms with Crippen LogP contribution in [0.1, 0.15) is 20.3 Å². The fourth-order valence-electron chi connectivity index (χ4n) is 1.34. The minimum atomic E-state index is -0.919. The van der Waals surface area contributed by atoms with E-state index in [-0.39, 0.29) is 38.3 Å². The van der Waals surface area contributed by atoms with E-state index in [9.17, 15) is 9.59 Å². The Bertz CT molecular complexity index is 455. The summed E-state index contributed by atoms with van der Waals surface area (Å²) in [6, 6.07) is 0. The van der Waals surface area contributed by atoms with Crippen LogP contribution in [-0.4, -0.2) is 38.2 Å². The highest BCUT2D eigenvalue weighted by molar-refractivity contribution is 5.89. The average Bonchev–Trinajstić information content (AvgIpc) is 2.38. The second-order valence-corrected chi connectivity index (χ2v) is 4.70. The van der Waals surface area contributed by atoms with E-state index in [2.05, 4.69) is 16.3 Å². The molecule has 0 saturated carbocycles. The van der Waals surface area contributed by atoms with Crippen LogP contribution in [0, 0.1) is 18.6 Å². The van der Waals surface area contributed by atoms with Gasteiger partial charge in [-0.3, -0.25) is 4.79 Å². The molecule has 0 amide bonds. The van der Waals surface area contributed by atoms with Crippen LogP contribution in [0.15, 0.2) is 12.2 Å². The van der Waals surface area contributed by atoms with Crippen LogP contribution in [0.2, 0.25) is 0 Å². The van der Waals surface area contributed by atoms with E-state index in [0.29, 0.717) is 0 Å². The largest absolute Gasteiger partial charge is 0.457 e. The maximum absolute atomic E-state index is 11.8. The van der Waals surface area contributed by atoms with E-state index >= 15 is 0 Å². The number of rotatable bonds is 8. The molecule has 6 heteroatoms. The fraction of sp³-hybridized carbons (Fsp3) is 0.571. The topological polar surface area (TPSA) is 61.3 Å². The van der Waals surface area contributed by atoms with E-state index < -0.39 is 17.4 Å². The standard InChI is InChI=1S/C14H18N2O4/c1-11(12(17)19-8-6-15-4)10-14(2,3)13(18)20-9-7-16-5/h1,6-10H2,2-3H3. The number of carbonyl (C=O) groups excluding carboxylic acids is 2. The molecular formula is C14H18N2O4. The Morgan fingerprint density at radius 2 is 1.60 bits per heavy atom. The first kappa shape index (κ1) is 17.7. The van der Waals surface area contributed by atoms with Crippen molar-refractivity contribution in [3.8, 4) is 0 Å². The molecule has 0 aromatic rings. The third-order valence-corrected chi connectivity index (χ3v) is 2.37. The number of hydrogen-bond donors (Lipinski definition) is 0. The monoisotopic (exact) mass is 278 g/mol. The Morgan fingerprint density at radius 3 is 2.10 bits per heavy atom. The van der Waals surface area contributed by atoms with Crippen LogP contribution in [0.5, 0.6) is 0 Å². The summed E-state index contributed by atoms with van der Waals surface area (Å²) in [4.78, 5) is 29.5. The Labute approximate surface area is 119 Å². The van der Waals surface area contributed by atoms with Gasteiger partial charge in [0.1, 0.15) is 0 Å². The Morgan fingerprint density at radius 1 is 1.10 bits per heavy atom. The summed E-state index contributed by atoms with van der Waals surface area (Å²) in [6.45, 7) is 20.3. The molecule has 20 heavy (non-hydrogen) atoms. The van der Waals surface area contributed by atoms with Gasteiger partial charge in [-0.25, -0.2) is 17.9 Å². The molecule has 0 aliphatic heterocycles. The van der Waals surface area contributed by atoms with E-state index in [4.69, 9.17) is 22.6 Å². The third-order valence-electron chi connectivity index (χ3n) is 2.37. The molecule has 108 valence electrons. The molecule has 0 saturated heterocycles. The predicted octanol–water partition coefficient (Wildman–Crippen LogP) is 1.88. The SMILES string of the molecule is [C-]#[N+]CCOC(=O)C(=C)CC(C)(C)C(=O)OCC[N+]#[C-]. The number of nitrogens with zero attached hydrogens (tertiary/aromatic N) is 2. The van der Waals surface area contributed by atoms with Crippen molar-refractivity contribution in [2.24, 2.45) is 5.41 Å². The second-order valence-electron chi connectivity index (χ2n) is 4.70. The molecule has 0 fully saturated rings. The molecule has 0 radical (unpaired) electrons. The predicted molar refractivity (Wildman–Crippen MR) is 72.4 cm³/mol. The molecule has 0 aliphatic carbocycles. The maximum Gasteiger partial charge on any atom is 0.333 e. The molecule has 0 unspecified atom stereocenters. The Kier molecular flexibility index (Phi) is 7.69. The first-order valence-corrected chi connectivity index (χ1v) is 6.03. The smallest absolute Gasteiger partial charge is 0.333 e. The molecular weight excluding hydrogens is 260 g/mol. The summed E-state index contributed by atoms with van der Waals surface area (Å²) in [5, 5.41) is 0. The molecule has 6 nitrogen and oxygen atoms in total. The summed E-state index contributed by atoms with van der Waals surface area (Å²) in [5.41, 5.74) is -0.764. The highest BCUT2D eigenvalue weighted by atomic mass is 16.5. The van der Waals surface area contributed by atoms with Gasteiger partial charge in [0.25, 0.3) is 0 Å². The molecule has 0 aromatic carbocycles. The van der Waals surface area contributed by atoms with Crippen LogP contribution in [-0.2, 0) is 19.1 Å². The van der Waals surface area contributed by atoms with Crippen molar-refractivity contribution in [3.63, 3.8) is 0 Å². The highest BCUT2D eigenvalue weighted by Gasteiger charge is 2.32. The molecule has 0 heterocycles. The van der Waals surface area contributed by atoms with Gasteiger partial charge < -0.3 is 19.2 Å².